The Labute approximate surface area is 192 Å². The molecule has 2 aliphatic heterocycles. The maximum absolute atomic E-state index is 13.2. The van der Waals surface area contributed by atoms with E-state index in [0.717, 1.165) is 18.5 Å². The SMILES string of the molecule is COc1ccc(Cl)cc1N1CC(C(=O)N2CCCC(C(=O)Nc3ccccc3)C2)CC1=O. The van der Waals surface area contributed by atoms with Crippen LogP contribution in [0, 0.1) is 11.8 Å². The highest BCUT2D eigenvalue weighted by atomic mass is 35.5. The Morgan fingerprint density at radius 1 is 1.09 bits per heavy atom. The van der Waals surface area contributed by atoms with E-state index in [1.54, 1.807) is 28.0 Å². The van der Waals surface area contributed by atoms with Gasteiger partial charge in [-0.3, -0.25) is 14.4 Å². The molecule has 0 aliphatic carbocycles. The van der Waals surface area contributed by atoms with Gasteiger partial charge in [0.1, 0.15) is 5.75 Å². The first-order chi connectivity index (χ1) is 15.5. The maximum atomic E-state index is 13.2. The molecule has 1 N–H and O–H groups in total. The number of rotatable bonds is 5. The summed E-state index contributed by atoms with van der Waals surface area (Å²) in [5, 5.41) is 3.42. The van der Waals surface area contributed by atoms with Crippen LogP contribution in [0.3, 0.4) is 0 Å². The third-order valence-corrected chi connectivity index (χ3v) is 6.29. The second-order valence-electron chi connectivity index (χ2n) is 8.20. The molecule has 2 unspecified atom stereocenters. The van der Waals surface area contributed by atoms with Crippen LogP contribution in [0.15, 0.2) is 48.5 Å². The number of likely N-dealkylation sites (tertiary alicyclic amines) is 1. The van der Waals surface area contributed by atoms with Crippen molar-refractivity contribution >= 4 is 40.7 Å². The van der Waals surface area contributed by atoms with Crippen LogP contribution in [0.2, 0.25) is 5.02 Å². The molecule has 4 rings (SSSR count). The van der Waals surface area contributed by atoms with Crippen LogP contribution >= 0.6 is 11.6 Å². The highest BCUT2D eigenvalue weighted by Crippen LogP contribution is 2.36. The highest BCUT2D eigenvalue weighted by Gasteiger charge is 2.40. The monoisotopic (exact) mass is 455 g/mol. The van der Waals surface area contributed by atoms with Crippen LogP contribution in [-0.4, -0.2) is 49.4 Å². The number of nitrogens with zero attached hydrogens (tertiary/aromatic N) is 2. The first-order valence-electron chi connectivity index (χ1n) is 10.7. The van der Waals surface area contributed by atoms with Crippen molar-refractivity contribution in [1.29, 1.82) is 0 Å². The lowest BCUT2D eigenvalue weighted by Crippen LogP contribution is -2.46. The van der Waals surface area contributed by atoms with Crippen molar-refractivity contribution in [3.05, 3.63) is 53.6 Å². The molecule has 2 aromatic carbocycles. The zero-order valence-electron chi connectivity index (χ0n) is 17.9. The van der Waals surface area contributed by atoms with Crippen LogP contribution in [0.5, 0.6) is 5.75 Å². The third kappa shape index (κ3) is 4.72. The summed E-state index contributed by atoms with van der Waals surface area (Å²) in [4.78, 5) is 42.0. The van der Waals surface area contributed by atoms with E-state index in [2.05, 4.69) is 5.32 Å². The number of carbonyl (C=O) groups excluding carboxylic acids is 3. The van der Waals surface area contributed by atoms with Gasteiger partial charge in [0.15, 0.2) is 0 Å². The Balaban J connectivity index is 1.41. The Bertz CT molecular complexity index is 1010. The second kappa shape index (κ2) is 9.61. The van der Waals surface area contributed by atoms with Crippen molar-refractivity contribution in [2.75, 3.05) is 37.0 Å². The molecule has 2 atom stereocenters. The Hall–Kier alpha value is -3.06. The van der Waals surface area contributed by atoms with E-state index in [4.69, 9.17) is 16.3 Å². The smallest absolute Gasteiger partial charge is 0.229 e. The van der Waals surface area contributed by atoms with Crippen LogP contribution in [-0.2, 0) is 14.4 Å². The normalized spacial score (nSPS) is 20.9. The minimum atomic E-state index is -0.456. The molecule has 168 valence electrons. The lowest BCUT2D eigenvalue weighted by molar-refractivity contribution is -0.138. The summed E-state index contributed by atoms with van der Waals surface area (Å²) in [6.45, 7) is 1.23. The molecular formula is C24H26ClN3O4. The second-order valence-corrected chi connectivity index (χ2v) is 8.64. The van der Waals surface area contributed by atoms with E-state index >= 15 is 0 Å². The van der Waals surface area contributed by atoms with Gasteiger partial charge in [0.05, 0.1) is 24.6 Å². The molecule has 0 bridgehead atoms. The van der Waals surface area contributed by atoms with E-state index < -0.39 is 5.92 Å². The third-order valence-electron chi connectivity index (χ3n) is 6.05. The van der Waals surface area contributed by atoms with Gasteiger partial charge >= 0.3 is 0 Å². The summed E-state index contributed by atoms with van der Waals surface area (Å²) >= 11 is 6.12. The quantitative estimate of drug-likeness (QED) is 0.747. The van der Waals surface area contributed by atoms with E-state index in [1.165, 1.54) is 7.11 Å². The maximum Gasteiger partial charge on any atom is 0.229 e. The molecule has 0 radical (unpaired) electrons. The summed E-state index contributed by atoms with van der Waals surface area (Å²) in [6.07, 6.45) is 1.62. The molecule has 8 heteroatoms. The number of para-hydroxylation sites is 1. The number of benzene rings is 2. The molecule has 2 saturated heterocycles. The minimum absolute atomic E-state index is 0.0820. The average molecular weight is 456 g/mol. The van der Waals surface area contributed by atoms with E-state index in [0.29, 0.717) is 29.5 Å². The fourth-order valence-electron chi connectivity index (χ4n) is 4.40. The topological polar surface area (TPSA) is 79.0 Å². The lowest BCUT2D eigenvalue weighted by Gasteiger charge is -2.33. The number of amides is 3. The van der Waals surface area contributed by atoms with E-state index in [9.17, 15) is 14.4 Å². The van der Waals surface area contributed by atoms with Gasteiger partial charge in [-0.2, -0.15) is 0 Å². The van der Waals surface area contributed by atoms with Crippen LogP contribution in [0.1, 0.15) is 19.3 Å². The predicted octanol–water partition coefficient (Wildman–Crippen LogP) is 3.58. The van der Waals surface area contributed by atoms with Crippen molar-refractivity contribution < 1.29 is 19.1 Å². The van der Waals surface area contributed by atoms with E-state index in [-0.39, 0.29) is 36.6 Å². The Kier molecular flexibility index (Phi) is 6.65. The predicted molar refractivity (Wildman–Crippen MR) is 123 cm³/mol. The van der Waals surface area contributed by atoms with Gasteiger partial charge in [-0.05, 0) is 43.2 Å². The number of ether oxygens (including phenoxy) is 1. The summed E-state index contributed by atoms with van der Waals surface area (Å²) in [6, 6.07) is 14.4. The zero-order chi connectivity index (χ0) is 22.7. The Morgan fingerprint density at radius 2 is 1.88 bits per heavy atom. The van der Waals surface area contributed by atoms with Crippen LogP contribution in [0.4, 0.5) is 11.4 Å². The molecular weight excluding hydrogens is 430 g/mol. The Morgan fingerprint density at radius 3 is 2.62 bits per heavy atom. The molecule has 2 heterocycles. The van der Waals surface area contributed by atoms with Crippen molar-refractivity contribution in [3.8, 4) is 5.75 Å². The molecule has 2 aliphatic rings. The number of piperidine rings is 1. The van der Waals surface area contributed by atoms with Gasteiger partial charge in [0, 0.05) is 36.8 Å². The van der Waals surface area contributed by atoms with Crippen LogP contribution < -0.4 is 15.0 Å². The molecule has 0 saturated carbocycles. The van der Waals surface area contributed by atoms with Crippen molar-refractivity contribution in [1.82, 2.24) is 4.90 Å². The van der Waals surface area contributed by atoms with E-state index in [1.807, 2.05) is 30.3 Å². The molecule has 0 aromatic heterocycles. The minimum Gasteiger partial charge on any atom is -0.495 e. The molecule has 3 amide bonds. The highest BCUT2D eigenvalue weighted by molar-refractivity contribution is 6.31. The zero-order valence-corrected chi connectivity index (χ0v) is 18.7. The largest absolute Gasteiger partial charge is 0.495 e. The first kappa shape index (κ1) is 22.1. The van der Waals surface area contributed by atoms with Crippen LogP contribution in [0.25, 0.3) is 0 Å². The van der Waals surface area contributed by atoms with Crippen molar-refractivity contribution in [2.45, 2.75) is 19.3 Å². The summed E-state index contributed by atoms with van der Waals surface area (Å²) in [7, 11) is 1.53. The summed E-state index contributed by atoms with van der Waals surface area (Å²) in [5.41, 5.74) is 1.31. The number of carbonyl (C=O) groups is 3. The van der Waals surface area contributed by atoms with Gasteiger partial charge in [0.25, 0.3) is 0 Å². The van der Waals surface area contributed by atoms with Gasteiger partial charge in [-0.15, -0.1) is 0 Å². The van der Waals surface area contributed by atoms with Gasteiger partial charge in [-0.1, -0.05) is 29.8 Å². The summed E-state index contributed by atoms with van der Waals surface area (Å²) in [5.74, 6) is -0.498. The standard InChI is InChI=1S/C24H26ClN3O4/c1-32-21-10-9-18(25)13-20(21)28-15-17(12-22(28)29)24(31)27-11-5-6-16(14-27)23(30)26-19-7-3-2-4-8-19/h2-4,7-10,13,16-17H,5-6,11-12,14-15H2,1H3,(H,26,30). The molecule has 7 nitrogen and oxygen atoms in total. The van der Waals surface area contributed by atoms with Gasteiger partial charge in [0.2, 0.25) is 17.7 Å². The van der Waals surface area contributed by atoms with Crippen molar-refractivity contribution in [3.63, 3.8) is 0 Å². The molecule has 2 fully saturated rings. The number of hydrogen-bond donors (Lipinski definition) is 1. The average Bonchev–Trinajstić information content (AvgIpc) is 3.20. The molecule has 32 heavy (non-hydrogen) atoms. The first-order valence-corrected chi connectivity index (χ1v) is 11.1. The fraction of sp³-hybridized carbons (Fsp3) is 0.375. The summed E-state index contributed by atoms with van der Waals surface area (Å²) < 4.78 is 5.37. The number of anilines is 2. The van der Waals surface area contributed by atoms with Gasteiger partial charge in [-0.25, -0.2) is 0 Å². The number of halogens is 1. The number of nitrogens with one attached hydrogen (secondary N) is 1. The lowest BCUT2D eigenvalue weighted by atomic mass is 9.95. The molecule has 0 spiro atoms. The van der Waals surface area contributed by atoms with Crippen molar-refractivity contribution in [2.24, 2.45) is 11.8 Å². The fourth-order valence-corrected chi connectivity index (χ4v) is 4.56. The number of methoxy groups -OCH3 is 1. The number of hydrogen-bond acceptors (Lipinski definition) is 4. The molecule has 2 aromatic rings. The van der Waals surface area contributed by atoms with Gasteiger partial charge < -0.3 is 19.9 Å².